The summed E-state index contributed by atoms with van der Waals surface area (Å²) in [5.41, 5.74) is 5.94. The molecule has 90 valence electrons. The number of hydrogen-bond donors (Lipinski definition) is 1. The van der Waals surface area contributed by atoms with Gasteiger partial charge in [-0.05, 0) is 6.42 Å². The van der Waals surface area contributed by atoms with Crippen LogP contribution < -0.4 is 15.2 Å². The Morgan fingerprint density at radius 2 is 1.81 bits per heavy atom. The predicted octanol–water partition coefficient (Wildman–Crippen LogP) is 1.16. The molecule has 16 heavy (non-hydrogen) atoms. The molecule has 0 aromatic carbocycles. The number of ether oxygens (including phenoxy) is 2. The van der Waals surface area contributed by atoms with Crippen molar-refractivity contribution in [3.05, 3.63) is 11.9 Å². The molecule has 1 unspecified atom stereocenters. The molecular weight excluding hydrogens is 206 g/mol. The standard InChI is InChI=1S/C11H19N3O2/c1-4-5-8(12)6-9-13-10(15-2)7-11(14-9)16-3/h7-8H,4-6,12H2,1-3H3. The zero-order valence-corrected chi connectivity index (χ0v) is 10.1. The van der Waals surface area contributed by atoms with Crippen molar-refractivity contribution in [2.24, 2.45) is 5.73 Å². The molecule has 1 atom stereocenters. The van der Waals surface area contributed by atoms with Gasteiger partial charge < -0.3 is 15.2 Å². The Morgan fingerprint density at radius 1 is 1.25 bits per heavy atom. The van der Waals surface area contributed by atoms with Crippen molar-refractivity contribution in [3.63, 3.8) is 0 Å². The lowest BCUT2D eigenvalue weighted by molar-refractivity contribution is 0.367. The first-order valence-electron chi connectivity index (χ1n) is 5.41. The lowest BCUT2D eigenvalue weighted by Gasteiger charge is -2.10. The van der Waals surface area contributed by atoms with Crippen LogP contribution >= 0.6 is 0 Å². The first-order valence-corrected chi connectivity index (χ1v) is 5.41. The number of nitrogens with zero attached hydrogens (tertiary/aromatic N) is 2. The molecule has 1 heterocycles. The maximum absolute atomic E-state index is 5.94. The topological polar surface area (TPSA) is 70.3 Å². The average Bonchev–Trinajstić information content (AvgIpc) is 2.28. The lowest BCUT2D eigenvalue weighted by Crippen LogP contribution is -2.23. The van der Waals surface area contributed by atoms with E-state index in [2.05, 4.69) is 16.9 Å². The van der Waals surface area contributed by atoms with Crippen molar-refractivity contribution in [1.82, 2.24) is 9.97 Å². The minimum absolute atomic E-state index is 0.0850. The first-order chi connectivity index (χ1) is 7.69. The quantitative estimate of drug-likeness (QED) is 0.786. The molecule has 1 aromatic rings. The van der Waals surface area contributed by atoms with Crippen LogP contribution in [0.4, 0.5) is 0 Å². The van der Waals surface area contributed by atoms with Gasteiger partial charge in [-0.2, -0.15) is 9.97 Å². The number of aromatic nitrogens is 2. The zero-order chi connectivity index (χ0) is 12.0. The van der Waals surface area contributed by atoms with Crippen molar-refractivity contribution in [1.29, 1.82) is 0 Å². The van der Waals surface area contributed by atoms with Crippen LogP contribution in [0.25, 0.3) is 0 Å². The van der Waals surface area contributed by atoms with Gasteiger partial charge >= 0.3 is 0 Å². The van der Waals surface area contributed by atoms with Gasteiger partial charge in [-0.15, -0.1) is 0 Å². The van der Waals surface area contributed by atoms with E-state index in [1.54, 1.807) is 20.3 Å². The van der Waals surface area contributed by atoms with Gasteiger partial charge in [-0.25, -0.2) is 0 Å². The molecule has 5 heteroatoms. The maximum Gasteiger partial charge on any atom is 0.220 e. The number of hydrogen-bond acceptors (Lipinski definition) is 5. The van der Waals surface area contributed by atoms with E-state index in [9.17, 15) is 0 Å². The number of nitrogens with two attached hydrogens (primary N) is 1. The molecule has 0 saturated heterocycles. The third kappa shape index (κ3) is 3.66. The number of methoxy groups -OCH3 is 2. The van der Waals surface area contributed by atoms with Crippen LogP contribution in [0.2, 0.25) is 0 Å². The lowest BCUT2D eigenvalue weighted by atomic mass is 10.1. The van der Waals surface area contributed by atoms with Crippen LogP contribution in [-0.2, 0) is 6.42 Å². The monoisotopic (exact) mass is 225 g/mol. The van der Waals surface area contributed by atoms with Gasteiger partial charge in [0.1, 0.15) is 5.82 Å². The molecule has 5 nitrogen and oxygen atoms in total. The highest BCUT2D eigenvalue weighted by Crippen LogP contribution is 2.15. The Balaban J connectivity index is 2.78. The fraction of sp³-hybridized carbons (Fsp3) is 0.636. The van der Waals surface area contributed by atoms with Crippen LogP contribution in [-0.4, -0.2) is 30.2 Å². The van der Waals surface area contributed by atoms with Crippen molar-refractivity contribution < 1.29 is 9.47 Å². The van der Waals surface area contributed by atoms with Crippen LogP contribution in [0, 0.1) is 0 Å². The highest BCUT2D eigenvalue weighted by Gasteiger charge is 2.09. The van der Waals surface area contributed by atoms with E-state index in [-0.39, 0.29) is 6.04 Å². The summed E-state index contributed by atoms with van der Waals surface area (Å²) in [5, 5.41) is 0. The molecule has 1 rings (SSSR count). The van der Waals surface area contributed by atoms with Gasteiger partial charge in [0.2, 0.25) is 11.8 Å². The summed E-state index contributed by atoms with van der Waals surface area (Å²) in [6.45, 7) is 2.10. The van der Waals surface area contributed by atoms with Gasteiger partial charge in [0.25, 0.3) is 0 Å². The van der Waals surface area contributed by atoms with Gasteiger partial charge in [-0.1, -0.05) is 13.3 Å². The van der Waals surface area contributed by atoms with Crippen LogP contribution in [0.1, 0.15) is 25.6 Å². The van der Waals surface area contributed by atoms with E-state index in [0.717, 1.165) is 12.8 Å². The van der Waals surface area contributed by atoms with Crippen LogP contribution in [0.3, 0.4) is 0 Å². The summed E-state index contributed by atoms with van der Waals surface area (Å²) in [6.07, 6.45) is 2.66. The smallest absolute Gasteiger partial charge is 0.220 e. The van der Waals surface area contributed by atoms with Crippen molar-refractivity contribution in [2.45, 2.75) is 32.2 Å². The summed E-state index contributed by atoms with van der Waals surface area (Å²) in [6, 6.07) is 1.73. The largest absolute Gasteiger partial charge is 0.481 e. The first kappa shape index (κ1) is 12.7. The van der Waals surface area contributed by atoms with E-state index in [1.165, 1.54) is 0 Å². The molecule has 0 aliphatic heterocycles. The van der Waals surface area contributed by atoms with Crippen molar-refractivity contribution >= 4 is 0 Å². The molecule has 0 fully saturated rings. The molecular formula is C11H19N3O2. The predicted molar refractivity (Wildman–Crippen MR) is 61.7 cm³/mol. The molecule has 0 amide bonds. The summed E-state index contributed by atoms with van der Waals surface area (Å²) >= 11 is 0. The van der Waals surface area contributed by atoms with Gasteiger partial charge in [0.15, 0.2) is 0 Å². The SMILES string of the molecule is CCCC(N)Cc1nc(OC)cc(OC)n1. The highest BCUT2D eigenvalue weighted by molar-refractivity contribution is 5.21. The molecule has 0 radical (unpaired) electrons. The highest BCUT2D eigenvalue weighted by atomic mass is 16.5. The van der Waals surface area contributed by atoms with E-state index in [4.69, 9.17) is 15.2 Å². The Labute approximate surface area is 96.0 Å². The Morgan fingerprint density at radius 3 is 2.25 bits per heavy atom. The second kappa shape index (κ2) is 6.27. The maximum atomic E-state index is 5.94. The van der Waals surface area contributed by atoms with Gasteiger partial charge in [-0.3, -0.25) is 0 Å². The third-order valence-electron chi connectivity index (χ3n) is 2.25. The second-order valence-corrected chi connectivity index (χ2v) is 3.62. The average molecular weight is 225 g/mol. The summed E-state index contributed by atoms with van der Waals surface area (Å²) in [4.78, 5) is 8.46. The molecule has 0 aliphatic rings. The summed E-state index contributed by atoms with van der Waals surface area (Å²) in [5.74, 6) is 1.67. The molecule has 0 bridgehead atoms. The Hall–Kier alpha value is -1.36. The Bertz CT molecular complexity index is 309. The second-order valence-electron chi connectivity index (χ2n) is 3.62. The van der Waals surface area contributed by atoms with E-state index in [0.29, 0.717) is 24.0 Å². The zero-order valence-electron chi connectivity index (χ0n) is 10.1. The fourth-order valence-corrected chi connectivity index (χ4v) is 1.46. The summed E-state index contributed by atoms with van der Waals surface area (Å²) in [7, 11) is 3.13. The number of rotatable bonds is 6. The third-order valence-corrected chi connectivity index (χ3v) is 2.25. The van der Waals surface area contributed by atoms with E-state index < -0.39 is 0 Å². The molecule has 1 aromatic heterocycles. The van der Waals surface area contributed by atoms with E-state index in [1.807, 2.05) is 0 Å². The fourth-order valence-electron chi connectivity index (χ4n) is 1.46. The molecule has 2 N–H and O–H groups in total. The van der Waals surface area contributed by atoms with Crippen LogP contribution in [0.15, 0.2) is 6.07 Å². The van der Waals surface area contributed by atoms with Crippen molar-refractivity contribution in [2.75, 3.05) is 14.2 Å². The minimum Gasteiger partial charge on any atom is -0.481 e. The van der Waals surface area contributed by atoms with Gasteiger partial charge in [0.05, 0.1) is 20.3 Å². The Kier molecular flexibility index (Phi) is 4.98. The van der Waals surface area contributed by atoms with E-state index >= 15 is 0 Å². The van der Waals surface area contributed by atoms with Gasteiger partial charge in [0, 0.05) is 12.5 Å². The van der Waals surface area contributed by atoms with Crippen molar-refractivity contribution in [3.8, 4) is 11.8 Å². The molecule has 0 spiro atoms. The molecule has 0 aliphatic carbocycles. The molecule has 0 saturated carbocycles. The minimum atomic E-state index is 0.0850. The normalized spacial score (nSPS) is 12.2. The van der Waals surface area contributed by atoms with Crippen LogP contribution in [0.5, 0.6) is 11.8 Å². The summed E-state index contributed by atoms with van der Waals surface area (Å²) < 4.78 is 10.1.